The van der Waals surface area contributed by atoms with Crippen LogP contribution < -0.4 is 21.5 Å². The number of aryl methyl sites for hydroxylation is 1. The molecule has 0 aliphatic heterocycles. The molecule has 1 aromatic heterocycles. The van der Waals surface area contributed by atoms with Crippen molar-refractivity contribution in [2.24, 2.45) is 5.92 Å². The first-order valence-electron chi connectivity index (χ1n) is 5.91. The summed E-state index contributed by atoms with van der Waals surface area (Å²) in [4.78, 5) is 0. The number of aliphatic hydroxyl groups is 1. The average molecular weight is 288 g/mol. The van der Waals surface area contributed by atoms with Crippen LogP contribution >= 0.6 is 0 Å². The summed E-state index contributed by atoms with van der Waals surface area (Å²) in [6.45, 7) is 3.65. The predicted octanol–water partition coefficient (Wildman–Crippen LogP) is -0.833. The fraction of sp³-hybridized carbons (Fsp3) is 0.615. The van der Waals surface area contributed by atoms with E-state index in [0.717, 1.165) is 25.3 Å². The maximum Gasteiger partial charge on any atom is 0.168 e. The SMILES string of the molecule is CCC(CCCO)CC[n+]1ccccc1.[Br-]. The van der Waals surface area contributed by atoms with Crippen molar-refractivity contribution in [2.45, 2.75) is 39.2 Å². The highest BCUT2D eigenvalue weighted by Crippen LogP contribution is 2.14. The molecule has 0 aromatic carbocycles. The van der Waals surface area contributed by atoms with Gasteiger partial charge in [-0.2, -0.15) is 0 Å². The predicted molar refractivity (Wildman–Crippen MR) is 61.4 cm³/mol. The van der Waals surface area contributed by atoms with E-state index in [-0.39, 0.29) is 17.0 Å². The summed E-state index contributed by atoms with van der Waals surface area (Å²) < 4.78 is 2.22. The molecular weight excluding hydrogens is 266 g/mol. The van der Waals surface area contributed by atoms with Crippen molar-refractivity contribution in [3.8, 4) is 0 Å². The molecule has 1 heterocycles. The summed E-state index contributed by atoms with van der Waals surface area (Å²) in [5.74, 6) is 0.754. The molecule has 0 aliphatic carbocycles. The van der Waals surface area contributed by atoms with Gasteiger partial charge in [0.25, 0.3) is 0 Å². The minimum Gasteiger partial charge on any atom is -1.00 e. The molecule has 1 rings (SSSR count). The van der Waals surface area contributed by atoms with Crippen molar-refractivity contribution in [3.05, 3.63) is 30.6 Å². The third-order valence-corrected chi connectivity index (χ3v) is 2.92. The van der Waals surface area contributed by atoms with Gasteiger partial charge in [0.2, 0.25) is 0 Å². The Labute approximate surface area is 109 Å². The Kier molecular flexibility index (Phi) is 9.54. The zero-order valence-corrected chi connectivity index (χ0v) is 11.6. The van der Waals surface area contributed by atoms with Crippen molar-refractivity contribution in [2.75, 3.05) is 6.61 Å². The lowest BCUT2D eigenvalue weighted by Gasteiger charge is -2.11. The number of hydrogen-bond donors (Lipinski definition) is 1. The molecule has 0 bridgehead atoms. The van der Waals surface area contributed by atoms with Crippen LogP contribution in [0.25, 0.3) is 0 Å². The fourth-order valence-electron chi connectivity index (χ4n) is 1.85. The first kappa shape index (κ1) is 15.6. The van der Waals surface area contributed by atoms with Gasteiger partial charge in [0.05, 0.1) is 0 Å². The lowest BCUT2D eigenvalue weighted by Crippen LogP contribution is -3.00. The van der Waals surface area contributed by atoms with Gasteiger partial charge >= 0.3 is 0 Å². The molecule has 1 unspecified atom stereocenters. The van der Waals surface area contributed by atoms with Crippen LogP contribution in [0.3, 0.4) is 0 Å². The number of rotatable bonds is 7. The molecule has 3 heteroatoms. The second-order valence-electron chi connectivity index (χ2n) is 4.04. The third-order valence-electron chi connectivity index (χ3n) is 2.92. The smallest absolute Gasteiger partial charge is 0.168 e. The fourth-order valence-corrected chi connectivity index (χ4v) is 1.85. The van der Waals surface area contributed by atoms with Crippen LogP contribution in [0.4, 0.5) is 0 Å². The van der Waals surface area contributed by atoms with Crippen molar-refractivity contribution in [1.82, 2.24) is 0 Å². The Hall–Kier alpha value is -0.410. The normalized spacial score (nSPS) is 11.9. The summed E-state index contributed by atoms with van der Waals surface area (Å²) in [5.41, 5.74) is 0. The largest absolute Gasteiger partial charge is 1.00 e. The van der Waals surface area contributed by atoms with E-state index < -0.39 is 0 Å². The molecule has 0 amide bonds. The molecule has 0 spiro atoms. The van der Waals surface area contributed by atoms with E-state index >= 15 is 0 Å². The van der Waals surface area contributed by atoms with Crippen LogP contribution in [0.2, 0.25) is 0 Å². The summed E-state index contributed by atoms with van der Waals surface area (Å²) in [5, 5.41) is 8.79. The van der Waals surface area contributed by atoms with E-state index in [4.69, 9.17) is 5.11 Å². The lowest BCUT2D eigenvalue weighted by molar-refractivity contribution is -0.698. The quantitative estimate of drug-likeness (QED) is 0.651. The second-order valence-corrected chi connectivity index (χ2v) is 4.04. The molecule has 2 nitrogen and oxygen atoms in total. The van der Waals surface area contributed by atoms with Gasteiger partial charge < -0.3 is 22.1 Å². The number of nitrogens with zero attached hydrogens (tertiary/aromatic N) is 1. The zero-order chi connectivity index (χ0) is 10.9. The minimum absolute atomic E-state index is 0. The first-order valence-corrected chi connectivity index (χ1v) is 5.91. The lowest BCUT2D eigenvalue weighted by atomic mass is 9.97. The van der Waals surface area contributed by atoms with Gasteiger partial charge in [-0.15, -0.1) is 0 Å². The van der Waals surface area contributed by atoms with Crippen molar-refractivity contribution in [3.63, 3.8) is 0 Å². The Balaban J connectivity index is 0.00000225. The van der Waals surface area contributed by atoms with Gasteiger partial charge in [-0.3, -0.25) is 0 Å². The van der Waals surface area contributed by atoms with Crippen LogP contribution in [0.5, 0.6) is 0 Å². The maximum atomic E-state index is 8.79. The van der Waals surface area contributed by atoms with E-state index in [1.165, 1.54) is 12.8 Å². The molecule has 0 radical (unpaired) electrons. The van der Waals surface area contributed by atoms with Crippen molar-refractivity contribution >= 4 is 0 Å². The molecule has 0 aliphatic rings. The molecular formula is C13H22BrNO. The molecule has 92 valence electrons. The summed E-state index contributed by atoms with van der Waals surface area (Å²) >= 11 is 0. The highest BCUT2D eigenvalue weighted by Gasteiger charge is 2.08. The second kappa shape index (κ2) is 9.79. The number of pyridine rings is 1. The van der Waals surface area contributed by atoms with Gasteiger partial charge in [0, 0.05) is 25.2 Å². The van der Waals surface area contributed by atoms with E-state index in [9.17, 15) is 0 Å². The highest BCUT2D eigenvalue weighted by atomic mass is 79.9. The van der Waals surface area contributed by atoms with E-state index in [0.29, 0.717) is 6.61 Å². The Bertz CT molecular complexity index is 253. The van der Waals surface area contributed by atoms with Crippen molar-refractivity contribution < 1.29 is 26.7 Å². The maximum absolute atomic E-state index is 8.79. The molecule has 1 atom stereocenters. The van der Waals surface area contributed by atoms with Gasteiger partial charge in [0.15, 0.2) is 12.4 Å². The van der Waals surface area contributed by atoms with Gasteiger partial charge in [-0.25, -0.2) is 4.57 Å². The van der Waals surface area contributed by atoms with Crippen LogP contribution in [-0.2, 0) is 6.54 Å². The van der Waals surface area contributed by atoms with Crippen LogP contribution in [-0.4, -0.2) is 11.7 Å². The van der Waals surface area contributed by atoms with Gasteiger partial charge in [0.1, 0.15) is 6.54 Å². The number of aromatic nitrogens is 1. The minimum atomic E-state index is 0. The van der Waals surface area contributed by atoms with E-state index in [1.807, 2.05) is 6.07 Å². The molecule has 0 fully saturated rings. The standard InChI is InChI=1S/C13H22NO.BrH/c1-2-13(7-6-12-15)8-11-14-9-4-3-5-10-14;/h3-5,9-10,13,15H,2,6-8,11-12H2,1H3;1H/q+1;/p-1. The molecule has 16 heavy (non-hydrogen) atoms. The van der Waals surface area contributed by atoms with Gasteiger partial charge in [-0.05, 0) is 18.8 Å². The van der Waals surface area contributed by atoms with E-state index in [2.05, 4.69) is 36.0 Å². The molecule has 1 aromatic rings. The van der Waals surface area contributed by atoms with Crippen LogP contribution in [0, 0.1) is 5.92 Å². The average Bonchev–Trinajstić information content (AvgIpc) is 2.31. The Morgan fingerprint density at radius 3 is 2.38 bits per heavy atom. The Morgan fingerprint density at radius 2 is 1.81 bits per heavy atom. The molecule has 0 saturated carbocycles. The first-order chi connectivity index (χ1) is 7.36. The highest BCUT2D eigenvalue weighted by molar-refractivity contribution is 4.83. The molecule has 1 N–H and O–H groups in total. The topological polar surface area (TPSA) is 24.1 Å². The van der Waals surface area contributed by atoms with Crippen molar-refractivity contribution in [1.29, 1.82) is 0 Å². The van der Waals surface area contributed by atoms with E-state index in [1.54, 1.807) is 0 Å². The van der Waals surface area contributed by atoms with Crippen LogP contribution in [0.15, 0.2) is 30.6 Å². The summed E-state index contributed by atoms with van der Waals surface area (Å²) in [6.07, 6.45) is 8.74. The zero-order valence-electron chi connectivity index (χ0n) is 9.98. The number of aliphatic hydroxyl groups excluding tert-OH is 1. The molecule has 0 saturated heterocycles. The number of hydrogen-bond acceptors (Lipinski definition) is 1. The summed E-state index contributed by atoms with van der Waals surface area (Å²) in [7, 11) is 0. The summed E-state index contributed by atoms with van der Waals surface area (Å²) in [6, 6.07) is 6.17. The van der Waals surface area contributed by atoms with Crippen LogP contribution in [0.1, 0.15) is 32.6 Å². The third kappa shape index (κ3) is 6.23. The number of halogens is 1. The van der Waals surface area contributed by atoms with Gasteiger partial charge in [-0.1, -0.05) is 19.4 Å². The Morgan fingerprint density at radius 1 is 1.12 bits per heavy atom. The monoisotopic (exact) mass is 287 g/mol.